The number of carbonyl (C=O) groups excluding carboxylic acids is 1. The molecule has 0 aliphatic carbocycles. The van der Waals surface area contributed by atoms with Crippen LogP contribution in [0.2, 0.25) is 5.15 Å². The minimum absolute atomic E-state index is 0.0789. The monoisotopic (exact) mass is 361 g/mol. The van der Waals surface area contributed by atoms with E-state index in [2.05, 4.69) is 9.71 Å². The molecule has 1 atom stereocenters. The Labute approximate surface area is 141 Å². The Morgan fingerprint density at radius 1 is 1.52 bits per heavy atom. The molecule has 23 heavy (non-hydrogen) atoms. The molecule has 128 valence electrons. The van der Waals surface area contributed by atoms with Crippen molar-refractivity contribution in [3.8, 4) is 0 Å². The molecule has 0 aromatic carbocycles. The van der Waals surface area contributed by atoms with Crippen LogP contribution in [0.1, 0.15) is 27.2 Å². The maximum Gasteiger partial charge on any atom is 0.410 e. The summed E-state index contributed by atoms with van der Waals surface area (Å²) < 4.78 is 32.2. The molecule has 2 heterocycles. The SMILES string of the molecule is CC(C)(C)OC(=O)N1CCC1CNS(=O)(=O)c1cccnc1Cl. The fraction of sp³-hybridized carbons (Fsp3) is 0.571. The van der Waals surface area contributed by atoms with Crippen LogP contribution in [0.15, 0.2) is 23.2 Å². The van der Waals surface area contributed by atoms with Gasteiger partial charge in [-0.25, -0.2) is 22.9 Å². The lowest BCUT2D eigenvalue weighted by molar-refractivity contribution is -0.00408. The summed E-state index contributed by atoms with van der Waals surface area (Å²) in [5, 5.41) is -0.0855. The molecule has 0 spiro atoms. The summed E-state index contributed by atoms with van der Waals surface area (Å²) in [5.74, 6) is 0. The van der Waals surface area contributed by atoms with Crippen LogP contribution in [-0.4, -0.2) is 49.1 Å². The molecular formula is C14H20ClN3O4S. The van der Waals surface area contributed by atoms with Crippen LogP contribution in [0.5, 0.6) is 0 Å². The van der Waals surface area contributed by atoms with E-state index in [1.165, 1.54) is 23.2 Å². The van der Waals surface area contributed by atoms with Gasteiger partial charge < -0.3 is 9.64 Å². The number of aromatic nitrogens is 1. The number of amides is 1. The van der Waals surface area contributed by atoms with E-state index < -0.39 is 21.7 Å². The molecule has 0 bridgehead atoms. The fourth-order valence-corrected chi connectivity index (χ4v) is 3.59. The minimum atomic E-state index is -3.77. The molecular weight excluding hydrogens is 342 g/mol. The third kappa shape index (κ3) is 4.55. The van der Waals surface area contributed by atoms with Gasteiger partial charge in [-0.3, -0.25) is 0 Å². The summed E-state index contributed by atoms with van der Waals surface area (Å²) in [7, 11) is -3.77. The van der Waals surface area contributed by atoms with E-state index in [9.17, 15) is 13.2 Å². The van der Waals surface area contributed by atoms with Gasteiger partial charge in [0, 0.05) is 19.3 Å². The van der Waals surface area contributed by atoms with E-state index >= 15 is 0 Å². The summed E-state index contributed by atoms with van der Waals surface area (Å²) in [5.41, 5.74) is -0.583. The number of carbonyl (C=O) groups is 1. The predicted octanol–water partition coefficient (Wildman–Crippen LogP) is 2.02. The zero-order valence-corrected chi connectivity index (χ0v) is 14.8. The maximum atomic E-state index is 12.2. The third-order valence-electron chi connectivity index (χ3n) is 3.30. The Balaban J connectivity index is 1.96. The van der Waals surface area contributed by atoms with Gasteiger partial charge in [0.15, 0.2) is 0 Å². The first-order valence-electron chi connectivity index (χ1n) is 7.20. The van der Waals surface area contributed by atoms with Crippen molar-refractivity contribution in [1.29, 1.82) is 0 Å². The van der Waals surface area contributed by atoms with Gasteiger partial charge in [0.25, 0.3) is 0 Å². The summed E-state index contributed by atoms with van der Waals surface area (Å²) in [4.78, 5) is 17.2. The van der Waals surface area contributed by atoms with Crippen molar-refractivity contribution < 1.29 is 17.9 Å². The van der Waals surface area contributed by atoms with E-state index in [0.29, 0.717) is 13.0 Å². The fourth-order valence-electron chi connectivity index (χ4n) is 2.07. The summed E-state index contributed by atoms with van der Waals surface area (Å²) in [6.07, 6.45) is 1.69. The molecule has 2 rings (SSSR count). The predicted molar refractivity (Wildman–Crippen MR) is 85.8 cm³/mol. The van der Waals surface area contributed by atoms with Crippen molar-refractivity contribution in [1.82, 2.24) is 14.6 Å². The van der Waals surface area contributed by atoms with Crippen molar-refractivity contribution in [3.05, 3.63) is 23.5 Å². The standard InChI is InChI=1S/C14H20ClN3O4S/c1-14(2,3)22-13(19)18-8-6-10(18)9-17-23(20,21)11-5-4-7-16-12(11)15/h4-5,7,10,17H,6,8-9H2,1-3H3. The molecule has 9 heteroatoms. The highest BCUT2D eigenvalue weighted by Crippen LogP contribution is 2.22. The highest BCUT2D eigenvalue weighted by Gasteiger charge is 2.36. The van der Waals surface area contributed by atoms with E-state index in [1.807, 2.05) is 0 Å². The van der Waals surface area contributed by atoms with Crippen LogP contribution in [0, 0.1) is 0 Å². The molecule has 1 aromatic rings. The van der Waals surface area contributed by atoms with E-state index in [4.69, 9.17) is 16.3 Å². The second-order valence-corrected chi connectivity index (χ2v) is 8.35. The highest BCUT2D eigenvalue weighted by atomic mass is 35.5. The molecule has 1 amide bonds. The molecule has 1 saturated heterocycles. The minimum Gasteiger partial charge on any atom is -0.444 e. The van der Waals surface area contributed by atoms with Gasteiger partial charge in [-0.1, -0.05) is 11.6 Å². The number of hydrogen-bond donors (Lipinski definition) is 1. The molecule has 1 N–H and O–H groups in total. The Morgan fingerprint density at radius 2 is 2.22 bits per heavy atom. The molecule has 1 unspecified atom stereocenters. The quantitative estimate of drug-likeness (QED) is 0.829. The van der Waals surface area contributed by atoms with Crippen molar-refractivity contribution in [2.45, 2.75) is 43.7 Å². The van der Waals surface area contributed by atoms with Gasteiger partial charge in [0.2, 0.25) is 10.0 Å². The number of nitrogens with zero attached hydrogens (tertiary/aromatic N) is 2. The van der Waals surface area contributed by atoms with E-state index in [0.717, 1.165) is 0 Å². The highest BCUT2D eigenvalue weighted by molar-refractivity contribution is 7.89. The maximum absolute atomic E-state index is 12.2. The first-order valence-corrected chi connectivity index (χ1v) is 9.06. The van der Waals surface area contributed by atoms with E-state index in [1.54, 1.807) is 20.8 Å². The Morgan fingerprint density at radius 3 is 2.74 bits per heavy atom. The summed E-state index contributed by atoms with van der Waals surface area (Å²) in [6, 6.07) is 2.65. The normalized spacial score (nSPS) is 18.4. The van der Waals surface area contributed by atoms with Crippen LogP contribution in [0.4, 0.5) is 4.79 Å². The topological polar surface area (TPSA) is 88.6 Å². The number of hydrogen-bond acceptors (Lipinski definition) is 5. The van der Waals surface area contributed by atoms with Crippen LogP contribution < -0.4 is 4.72 Å². The first kappa shape index (κ1) is 18.0. The number of halogens is 1. The van der Waals surface area contributed by atoms with Crippen molar-refractivity contribution in [2.24, 2.45) is 0 Å². The Kier molecular flexibility index (Phi) is 5.17. The van der Waals surface area contributed by atoms with Gasteiger partial charge in [-0.05, 0) is 39.3 Å². The van der Waals surface area contributed by atoms with E-state index in [-0.39, 0.29) is 22.6 Å². The number of sulfonamides is 1. The van der Waals surface area contributed by atoms with Crippen LogP contribution in [-0.2, 0) is 14.8 Å². The smallest absolute Gasteiger partial charge is 0.410 e. The molecule has 7 nitrogen and oxygen atoms in total. The lowest BCUT2D eigenvalue weighted by Crippen LogP contribution is -2.56. The number of rotatable bonds is 4. The molecule has 1 aliphatic rings. The van der Waals surface area contributed by atoms with Gasteiger partial charge in [-0.2, -0.15) is 0 Å². The number of likely N-dealkylation sites (tertiary alicyclic amines) is 1. The second kappa shape index (κ2) is 6.62. The number of ether oxygens (including phenoxy) is 1. The zero-order valence-electron chi connectivity index (χ0n) is 13.2. The molecule has 0 saturated carbocycles. The van der Waals surface area contributed by atoms with Gasteiger partial charge in [0.1, 0.15) is 15.6 Å². The average Bonchev–Trinajstić information content (AvgIpc) is 2.35. The molecule has 1 aliphatic heterocycles. The summed E-state index contributed by atoms with van der Waals surface area (Å²) >= 11 is 5.81. The first-order chi connectivity index (χ1) is 10.6. The lowest BCUT2D eigenvalue weighted by Gasteiger charge is -2.41. The van der Waals surface area contributed by atoms with Crippen molar-refractivity contribution in [2.75, 3.05) is 13.1 Å². The van der Waals surface area contributed by atoms with Gasteiger partial charge in [-0.15, -0.1) is 0 Å². The van der Waals surface area contributed by atoms with Gasteiger partial charge >= 0.3 is 6.09 Å². The summed E-state index contributed by atoms with van der Waals surface area (Å²) in [6.45, 7) is 6.01. The third-order valence-corrected chi connectivity index (χ3v) is 5.16. The molecule has 1 fully saturated rings. The molecule has 0 radical (unpaired) electrons. The largest absolute Gasteiger partial charge is 0.444 e. The molecule has 1 aromatic heterocycles. The van der Waals surface area contributed by atoms with Crippen molar-refractivity contribution in [3.63, 3.8) is 0 Å². The van der Waals surface area contributed by atoms with Crippen LogP contribution in [0.3, 0.4) is 0 Å². The van der Waals surface area contributed by atoms with Gasteiger partial charge in [0.05, 0.1) is 6.04 Å². The zero-order chi connectivity index (χ0) is 17.3. The number of nitrogens with one attached hydrogen (secondary N) is 1. The van der Waals surface area contributed by atoms with Crippen LogP contribution in [0.25, 0.3) is 0 Å². The number of pyridine rings is 1. The second-order valence-electron chi connectivity index (χ2n) is 6.26. The lowest BCUT2D eigenvalue weighted by atomic mass is 10.0. The average molecular weight is 362 g/mol. The Bertz CT molecular complexity index is 688. The van der Waals surface area contributed by atoms with Crippen molar-refractivity contribution >= 4 is 27.7 Å². The van der Waals surface area contributed by atoms with Crippen LogP contribution >= 0.6 is 11.6 Å². The Hall–Kier alpha value is -1.38.